The van der Waals surface area contributed by atoms with Gasteiger partial charge >= 0.3 is 0 Å². The van der Waals surface area contributed by atoms with Crippen molar-refractivity contribution in [1.29, 1.82) is 0 Å². The Labute approximate surface area is 233 Å². The molecule has 1 aliphatic heterocycles. The molecule has 0 aromatic heterocycles. The van der Waals surface area contributed by atoms with Crippen molar-refractivity contribution < 1.29 is 38.4 Å². The van der Waals surface area contributed by atoms with E-state index in [0.29, 0.717) is 53.8 Å². The molecule has 0 radical (unpaired) electrons. The van der Waals surface area contributed by atoms with Gasteiger partial charge in [0.05, 0.1) is 32.9 Å². The van der Waals surface area contributed by atoms with E-state index in [1.54, 1.807) is 43.5 Å². The van der Waals surface area contributed by atoms with Gasteiger partial charge in [-0.05, 0) is 53.9 Å². The van der Waals surface area contributed by atoms with Crippen LogP contribution in [0, 0.1) is 0 Å². The number of hydrogen-bond donors (Lipinski definition) is 1. The second kappa shape index (κ2) is 13.0. The summed E-state index contributed by atoms with van der Waals surface area (Å²) in [5.74, 6) is -0.0884. The van der Waals surface area contributed by atoms with E-state index in [1.807, 2.05) is 30.3 Å². The largest absolute Gasteiger partial charge is 0.507 e. The standard InChI is InChI=1S/C31H33NO8/c1-36-16-8-15-32-27(22-17-24(37-2)30(39-4)25(18-22)38-3)26(29(34)31(32)35)28(33)21-11-13-23(14-12-21)40-19-20-9-6-5-7-10-20/h5-7,9-14,17-18,27,33H,8,15-16,19H2,1-4H3/b28-26+. The third-order valence-electron chi connectivity index (χ3n) is 6.67. The van der Waals surface area contributed by atoms with E-state index >= 15 is 0 Å². The number of aliphatic hydroxyl groups is 1. The van der Waals surface area contributed by atoms with E-state index < -0.39 is 17.7 Å². The first-order chi connectivity index (χ1) is 19.4. The van der Waals surface area contributed by atoms with Gasteiger partial charge in [0.2, 0.25) is 5.75 Å². The SMILES string of the molecule is COCCCN1C(=O)C(=O)/C(=C(/O)c2ccc(OCc3ccccc3)cc2)C1c1cc(OC)c(OC)c(OC)c1. The van der Waals surface area contributed by atoms with E-state index in [0.717, 1.165) is 5.56 Å². The summed E-state index contributed by atoms with van der Waals surface area (Å²) in [7, 11) is 6.03. The van der Waals surface area contributed by atoms with Crippen LogP contribution in [0.1, 0.15) is 29.2 Å². The first kappa shape index (κ1) is 28.5. The Balaban J connectivity index is 1.74. The molecule has 0 spiro atoms. The number of carbonyl (C=O) groups excluding carboxylic acids is 2. The number of benzene rings is 3. The highest BCUT2D eigenvalue weighted by molar-refractivity contribution is 6.46. The van der Waals surface area contributed by atoms with Crippen molar-refractivity contribution in [2.24, 2.45) is 0 Å². The number of rotatable bonds is 12. The van der Waals surface area contributed by atoms with E-state index in [9.17, 15) is 14.7 Å². The Morgan fingerprint density at radius 2 is 1.52 bits per heavy atom. The molecule has 3 aromatic carbocycles. The van der Waals surface area contributed by atoms with Crippen LogP contribution in [0.3, 0.4) is 0 Å². The van der Waals surface area contributed by atoms with E-state index in [2.05, 4.69) is 0 Å². The number of likely N-dealkylation sites (tertiary alicyclic amines) is 1. The van der Waals surface area contributed by atoms with Crippen LogP contribution >= 0.6 is 0 Å². The number of ketones is 1. The molecule has 40 heavy (non-hydrogen) atoms. The summed E-state index contributed by atoms with van der Waals surface area (Å²) in [6.07, 6.45) is 0.498. The molecular weight excluding hydrogens is 514 g/mol. The van der Waals surface area contributed by atoms with Gasteiger partial charge in [-0.2, -0.15) is 0 Å². The monoisotopic (exact) mass is 547 g/mol. The van der Waals surface area contributed by atoms with Crippen molar-refractivity contribution in [1.82, 2.24) is 4.90 Å². The Morgan fingerprint density at radius 3 is 2.10 bits per heavy atom. The van der Waals surface area contributed by atoms with Crippen LogP contribution < -0.4 is 18.9 Å². The van der Waals surface area contributed by atoms with E-state index in [1.165, 1.54) is 26.2 Å². The maximum atomic E-state index is 13.4. The molecule has 0 saturated carbocycles. The number of methoxy groups -OCH3 is 4. The lowest BCUT2D eigenvalue weighted by atomic mass is 9.94. The first-order valence-electron chi connectivity index (χ1n) is 12.8. The van der Waals surface area contributed by atoms with Crippen molar-refractivity contribution in [3.8, 4) is 23.0 Å². The molecule has 1 unspecified atom stereocenters. The average molecular weight is 548 g/mol. The third-order valence-corrected chi connectivity index (χ3v) is 6.67. The van der Waals surface area contributed by atoms with E-state index in [4.69, 9.17) is 23.7 Å². The predicted octanol–water partition coefficient (Wildman–Crippen LogP) is 4.75. The second-order valence-corrected chi connectivity index (χ2v) is 9.10. The number of hydrogen-bond acceptors (Lipinski definition) is 8. The van der Waals surface area contributed by atoms with Crippen molar-refractivity contribution >= 4 is 17.4 Å². The molecule has 3 aromatic rings. The molecule has 1 N–H and O–H groups in total. The van der Waals surface area contributed by atoms with E-state index in [-0.39, 0.29) is 17.9 Å². The molecule has 4 rings (SSSR count). The summed E-state index contributed by atoms with van der Waals surface area (Å²) in [5, 5.41) is 11.4. The molecule has 1 aliphatic rings. The molecule has 0 bridgehead atoms. The van der Waals surface area contributed by atoms with Gasteiger partial charge in [0, 0.05) is 25.8 Å². The average Bonchev–Trinajstić information content (AvgIpc) is 3.24. The highest BCUT2D eigenvalue weighted by Gasteiger charge is 2.46. The van der Waals surface area contributed by atoms with Crippen LogP contribution in [0.5, 0.6) is 23.0 Å². The second-order valence-electron chi connectivity index (χ2n) is 9.10. The van der Waals surface area contributed by atoms with Gasteiger partial charge in [-0.15, -0.1) is 0 Å². The topological polar surface area (TPSA) is 104 Å². The molecule has 1 amide bonds. The fraction of sp³-hybridized carbons (Fsp3) is 0.290. The highest BCUT2D eigenvalue weighted by Crippen LogP contribution is 2.45. The van der Waals surface area contributed by atoms with Crippen LogP contribution in [-0.2, 0) is 20.9 Å². The maximum absolute atomic E-state index is 13.4. The number of carbonyl (C=O) groups is 2. The quantitative estimate of drug-likeness (QED) is 0.150. The lowest BCUT2D eigenvalue weighted by Crippen LogP contribution is -2.31. The zero-order valence-electron chi connectivity index (χ0n) is 23.0. The summed E-state index contributed by atoms with van der Waals surface area (Å²) < 4.78 is 27.5. The number of amides is 1. The molecule has 1 heterocycles. The van der Waals surface area contributed by atoms with Crippen LogP contribution in [0.4, 0.5) is 0 Å². The molecule has 1 saturated heterocycles. The predicted molar refractivity (Wildman–Crippen MR) is 149 cm³/mol. The van der Waals surface area contributed by atoms with Crippen molar-refractivity contribution in [3.63, 3.8) is 0 Å². The Bertz CT molecular complexity index is 1340. The fourth-order valence-electron chi connectivity index (χ4n) is 4.70. The fourth-order valence-corrected chi connectivity index (χ4v) is 4.70. The molecule has 9 heteroatoms. The van der Waals surface area contributed by atoms with Crippen molar-refractivity contribution in [2.75, 3.05) is 41.6 Å². The zero-order chi connectivity index (χ0) is 28.6. The third kappa shape index (κ3) is 5.89. The molecule has 0 aliphatic carbocycles. The zero-order valence-corrected chi connectivity index (χ0v) is 23.0. The van der Waals surface area contributed by atoms with Crippen molar-refractivity contribution in [2.45, 2.75) is 19.1 Å². The van der Waals surface area contributed by atoms with Gasteiger partial charge in [0.15, 0.2) is 11.5 Å². The van der Waals surface area contributed by atoms with Crippen LogP contribution in [0.25, 0.3) is 5.76 Å². The Hall–Kier alpha value is -4.50. The number of Topliss-reactive ketones (excluding diaryl/α,β-unsaturated/α-hetero) is 1. The summed E-state index contributed by atoms with van der Waals surface area (Å²) in [4.78, 5) is 28.0. The minimum absolute atomic E-state index is 0.0327. The lowest BCUT2D eigenvalue weighted by Gasteiger charge is -2.26. The van der Waals surface area contributed by atoms with Gasteiger partial charge in [-0.25, -0.2) is 0 Å². The van der Waals surface area contributed by atoms with Gasteiger partial charge in [0.25, 0.3) is 11.7 Å². The van der Waals surface area contributed by atoms with Crippen molar-refractivity contribution in [3.05, 3.63) is 89.0 Å². The van der Waals surface area contributed by atoms with Gasteiger partial charge in [0.1, 0.15) is 18.1 Å². The smallest absolute Gasteiger partial charge is 0.295 e. The number of nitrogens with zero attached hydrogens (tertiary/aromatic N) is 1. The van der Waals surface area contributed by atoms with Gasteiger partial charge in [-0.1, -0.05) is 30.3 Å². The Kier molecular flexibility index (Phi) is 9.29. The van der Waals surface area contributed by atoms with Crippen LogP contribution in [0.2, 0.25) is 0 Å². The molecule has 210 valence electrons. The summed E-state index contributed by atoms with van der Waals surface area (Å²) in [5.41, 5.74) is 1.89. The molecule has 9 nitrogen and oxygen atoms in total. The lowest BCUT2D eigenvalue weighted by molar-refractivity contribution is -0.140. The number of ether oxygens (including phenoxy) is 5. The molecular formula is C31H33NO8. The van der Waals surface area contributed by atoms with Gasteiger partial charge < -0.3 is 33.7 Å². The first-order valence-corrected chi connectivity index (χ1v) is 12.8. The minimum Gasteiger partial charge on any atom is -0.507 e. The maximum Gasteiger partial charge on any atom is 0.295 e. The normalized spacial score (nSPS) is 16.2. The summed E-state index contributed by atoms with van der Waals surface area (Å²) in [6, 6.07) is 18.9. The molecule has 1 fully saturated rings. The van der Waals surface area contributed by atoms with Crippen LogP contribution in [-0.4, -0.2) is 63.3 Å². The van der Waals surface area contributed by atoms with Gasteiger partial charge in [-0.3, -0.25) is 9.59 Å². The number of aliphatic hydroxyl groups excluding tert-OH is 1. The van der Waals surface area contributed by atoms with Crippen LogP contribution in [0.15, 0.2) is 72.3 Å². The highest BCUT2D eigenvalue weighted by atomic mass is 16.5. The summed E-state index contributed by atoms with van der Waals surface area (Å²) >= 11 is 0. The minimum atomic E-state index is -0.889. The summed E-state index contributed by atoms with van der Waals surface area (Å²) in [6.45, 7) is 1.03. The Morgan fingerprint density at radius 1 is 0.875 bits per heavy atom. The molecule has 1 atom stereocenters.